The number of rotatable bonds is 4. The number of pyridine rings is 1. The Labute approximate surface area is 281 Å². The number of halogens is 6. The molecule has 1 radical (unpaired) electrons. The first kappa shape index (κ1) is 39.2. The van der Waals surface area contributed by atoms with Crippen LogP contribution in [-0.4, -0.2) is 29.1 Å². The van der Waals surface area contributed by atoms with Crippen molar-refractivity contribution in [3.05, 3.63) is 95.4 Å². The second-order valence-corrected chi connectivity index (χ2v) is 23.6. The number of fused-ring (bicyclic) bond motifs is 1. The summed E-state index contributed by atoms with van der Waals surface area (Å²) in [5, 5.41) is 10.1. The Morgan fingerprint density at radius 1 is 0.826 bits per heavy atom. The summed E-state index contributed by atoms with van der Waals surface area (Å²) < 4.78 is 85.5. The van der Waals surface area contributed by atoms with Crippen molar-refractivity contribution in [1.82, 2.24) is 4.98 Å². The van der Waals surface area contributed by atoms with E-state index in [-0.39, 0.29) is 42.8 Å². The van der Waals surface area contributed by atoms with Gasteiger partial charge in [0.15, 0.2) is 5.78 Å². The minimum atomic E-state index is -4.89. The Kier molecular flexibility index (Phi) is 12.3. The third-order valence-electron chi connectivity index (χ3n) is 6.96. The van der Waals surface area contributed by atoms with Gasteiger partial charge in [-0.2, -0.15) is 0 Å². The van der Waals surface area contributed by atoms with E-state index >= 15 is 0 Å². The summed E-state index contributed by atoms with van der Waals surface area (Å²) in [4.78, 5) is 14.1. The van der Waals surface area contributed by atoms with Crippen LogP contribution in [0.2, 0.25) is 17.3 Å². The predicted molar refractivity (Wildman–Crippen MR) is 170 cm³/mol. The fourth-order valence-corrected chi connectivity index (χ4v) is 7.25. The molecule has 0 spiro atoms. The first-order valence-corrected chi connectivity index (χ1v) is 21.5. The van der Waals surface area contributed by atoms with Gasteiger partial charge in [-0.05, 0) is 13.8 Å². The Balaban J connectivity index is 0.000000827. The zero-order chi connectivity index (χ0) is 34.1. The summed E-state index contributed by atoms with van der Waals surface area (Å²) in [6.07, 6.45) is -7.94. The second kappa shape index (κ2) is 14.4. The third-order valence-corrected chi connectivity index (χ3v) is 11.2. The number of aliphatic hydroxyl groups excluding tert-OH is 1. The molecule has 249 valence electrons. The summed E-state index contributed by atoms with van der Waals surface area (Å²) in [5.74, 6) is 5.74. The standard InChI is InChI=1S/C30H28F6GeN.C5H8O2.Ir/c1-28(2,3)24-14-19(13-18-9-7-8-10-21(18)24)27-16-23(26(17-38-27)30(34,35)36)22-12-11-20(37(4,5)6)15-25(22)29(31,32)33;1-4(6)3-5(2)7;/h7-12,14-17H,1-6H3;3,6H,1-2H3;/q-1;;/b;4-3-;. The number of aliphatic hydroxyl groups is 1. The number of hydrogen-bond acceptors (Lipinski definition) is 3. The average Bonchev–Trinajstić information content (AvgIpc) is 2.89. The Hall–Kier alpha value is -2.95. The van der Waals surface area contributed by atoms with Gasteiger partial charge in [-0.15, -0.1) is 0 Å². The van der Waals surface area contributed by atoms with Crippen molar-refractivity contribution in [1.29, 1.82) is 0 Å². The molecule has 0 aliphatic rings. The summed E-state index contributed by atoms with van der Waals surface area (Å²) in [7, 11) is 0. The van der Waals surface area contributed by atoms with E-state index in [9.17, 15) is 31.1 Å². The molecule has 0 aliphatic carbocycles. The number of allylic oxidation sites excluding steroid dienone is 2. The van der Waals surface area contributed by atoms with Gasteiger partial charge in [-0.3, -0.25) is 4.79 Å². The van der Waals surface area contributed by atoms with Crippen molar-refractivity contribution in [2.24, 2.45) is 0 Å². The quantitative estimate of drug-likeness (QED) is 0.0731. The van der Waals surface area contributed by atoms with Crippen molar-refractivity contribution in [3.8, 4) is 22.4 Å². The topological polar surface area (TPSA) is 50.2 Å². The van der Waals surface area contributed by atoms with E-state index in [1.807, 2.05) is 68.4 Å². The molecule has 1 N–H and O–H groups in total. The summed E-state index contributed by atoms with van der Waals surface area (Å²) in [6.45, 7) is 8.89. The predicted octanol–water partition coefficient (Wildman–Crippen LogP) is 10.3. The molecule has 1 heterocycles. The summed E-state index contributed by atoms with van der Waals surface area (Å²) in [6, 6.07) is 17.4. The molecule has 1 aromatic heterocycles. The van der Waals surface area contributed by atoms with Crippen LogP contribution < -0.4 is 4.40 Å². The maximum Gasteiger partial charge on any atom is 0 e. The number of benzene rings is 3. The largest absolute Gasteiger partial charge is 0 e. The molecule has 3 aromatic carbocycles. The molecular formula is C35H36F6GeIrNO2-. The van der Waals surface area contributed by atoms with Crippen LogP contribution in [0.4, 0.5) is 26.3 Å². The van der Waals surface area contributed by atoms with E-state index in [0.29, 0.717) is 16.2 Å². The molecule has 0 atom stereocenters. The molecule has 0 bridgehead atoms. The molecule has 0 amide bonds. The molecule has 11 heteroatoms. The van der Waals surface area contributed by atoms with Gasteiger partial charge in [-0.25, -0.2) is 0 Å². The van der Waals surface area contributed by atoms with Crippen molar-refractivity contribution < 1.29 is 56.3 Å². The second-order valence-electron chi connectivity index (χ2n) is 12.9. The average molecular weight is 881 g/mol. The van der Waals surface area contributed by atoms with E-state index in [0.717, 1.165) is 28.5 Å². The number of carbonyl (C=O) groups excluding carboxylic acids is 1. The third kappa shape index (κ3) is 9.78. The van der Waals surface area contributed by atoms with Gasteiger partial charge >= 0.3 is 215 Å². The normalized spacial score (nSPS) is 12.7. The zero-order valence-electron chi connectivity index (χ0n) is 26.8. The van der Waals surface area contributed by atoms with Crippen LogP contribution in [0.1, 0.15) is 51.3 Å². The molecular weight excluding hydrogens is 845 g/mol. The smallest absolute Gasteiger partial charge is 0 e. The van der Waals surface area contributed by atoms with E-state index in [1.165, 1.54) is 32.1 Å². The van der Waals surface area contributed by atoms with Crippen LogP contribution in [0.15, 0.2) is 72.6 Å². The number of carbonyl (C=O) groups is 1. The van der Waals surface area contributed by atoms with Crippen molar-refractivity contribution in [2.45, 2.75) is 69.7 Å². The SMILES string of the molecule is CC(=O)/C=C(/C)O.CC(C)(C)c1cc(-c2cc(-c3cc[c]([Ge]([CH3])([CH3])[CH3])cc3C(F)(F)F)c(C(F)(F)F)cn2)[c-]c2ccccc12.[Ir]. The monoisotopic (exact) mass is 883 g/mol. The molecule has 0 unspecified atom stereocenters. The number of aromatic nitrogens is 1. The molecule has 3 nitrogen and oxygen atoms in total. The molecule has 4 aromatic rings. The maximum atomic E-state index is 14.2. The molecule has 0 saturated heterocycles. The Morgan fingerprint density at radius 2 is 1.41 bits per heavy atom. The first-order valence-electron chi connectivity index (χ1n) is 14.1. The van der Waals surface area contributed by atoms with Gasteiger partial charge < -0.3 is 5.11 Å². The van der Waals surface area contributed by atoms with Gasteiger partial charge in [0, 0.05) is 26.2 Å². The van der Waals surface area contributed by atoms with Gasteiger partial charge in [0.2, 0.25) is 0 Å². The van der Waals surface area contributed by atoms with Gasteiger partial charge in [0.1, 0.15) is 0 Å². The van der Waals surface area contributed by atoms with Crippen molar-refractivity contribution >= 4 is 34.2 Å². The van der Waals surface area contributed by atoms with E-state index in [4.69, 9.17) is 5.11 Å². The molecule has 46 heavy (non-hydrogen) atoms. The minimum absolute atomic E-state index is 0. The minimum Gasteiger partial charge on any atom is 0 e. The van der Waals surface area contributed by atoms with E-state index < -0.39 is 47.9 Å². The van der Waals surface area contributed by atoms with Gasteiger partial charge in [-0.1, -0.05) is 6.07 Å². The van der Waals surface area contributed by atoms with Crippen LogP contribution in [0.25, 0.3) is 33.2 Å². The van der Waals surface area contributed by atoms with Crippen LogP contribution in [0.5, 0.6) is 0 Å². The number of ketones is 1. The molecule has 4 rings (SSSR count). The van der Waals surface area contributed by atoms with Crippen LogP contribution >= 0.6 is 0 Å². The van der Waals surface area contributed by atoms with Crippen molar-refractivity contribution in [3.63, 3.8) is 0 Å². The fraction of sp³-hybridized carbons (Fsp3) is 0.314. The first-order chi connectivity index (χ1) is 20.5. The van der Waals surface area contributed by atoms with E-state index in [1.54, 1.807) is 0 Å². The Morgan fingerprint density at radius 3 is 1.89 bits per heavy atom. The molecule has 0 saturated carbocycles. The molecule has 0 fully saturated rings. The maximum absolute atomic E-state index is 14.2. The molecule has 0 aliphatic heterocycles. The number of alkyl halides is 6. The van der Waals surface area contributed by atoms with Crippen LogP contribution in [0, 0.1) is 6.07 Å². The summed E-state index contributed by atoms with van der Waals surface area (Å²) >= 11 is -2.71. The Bertz CT molecular complexity index is 1750. The number of hydrogen-bond donors (Lipinski definition) is 1. The fourth-order valence-electron chi connectivity index (χ4n) is 4.81. The zero-order valence-corrected chi connectivity index (χ0v) is 31.2. The number of nitrogens with zero attached hydrogens (tertiary/aromatic N) is 1. The summed E-state index contributed by atoms with van der Waals surface area (Å²) in [5.41, 5.74) is -2.20. The van der Waals surface area contributed by atoms with Crippen LogP contribution in [0.3, 0.4) is 0 Å². The van der Waals surface area contributed by atoms with Crippen molar-refractivity contribution in [2.75, 3.05) is 0 Å². The van der Waals surface area contributed by atoms with Crippen LogP contribution in [-0.2, 0) is 42.7 Å². The van der Waals surface area contributed by atoms with Gasteiger partial charge in [0.25, 0.3) is 0 Å². The van der Waals surface area contributed by atoms with Gasteiger partial charge in [0.05, 0.1) is 5.76 Å². The van der Waals surface area contributed by atoms with E-state index in [2.05, 4.69) is 11.1 Å².